The summed E-state index contributed by atoms with van der Waals surface area (Å²) in [6, 6.07) is 8.78. The third-order valence-corrected chi connectivity index (χ3v) is 10.5. The summed E-state index contributed by atoms with van der Waals surface area (Å²) < 4.78 is 5.39. The second-order valence-electron chi connectivity index (χ2n) is 10.8. The molecule has 6 atom stereocenters. The number of amides is 4. The van der Waals surface area contributed by atoms with Crippen molar-refractivity contribution in [2.75, 3.05) is 16.4 Å². The summed E-state index contributed by atoms with van der Waals surface area (Å²) in [6.07, 6.45) is 0. The van der Waals surface area contributed by atoms with Gasteiger partial charge in [0.15, 0.2) is 0 Å². The third kappa shape index (κ3) is 3.63. The highest BCUT2D eigenvalue weighted by Crippen LogP contribution is 2.69. The fraction of sp³-hybridized carbons (Fsp3) is 0.345. The molecule has 2 aromatic rings. The van der Waals surface area contributed by atoms with E-state index >= 15 is 0 Å². The first-order valence-corrected chi connectivity index (χ1v) is 14.4. The molecule has 12 heteroatoms. The molecule has 0 spiro atoms. The molecule has 0 aromatic heterocycles. The molecular weight excluding hydrogens is 614 g/mol. The van der Waals surface area contributed by atoms with E-state index in [1.807, 2.05) is 0 Å². The molecule has 8 nitrogen and oxygen atoms in total. The predicted molar refractivity (Wildman–Crippen MR) is 153 cm³/mol. The van der Waals surface area contributed by atoms with Crippen LogP contribution in [0.15, 0.2) is 47.5 Å². The van der Waals surface area contributed by atoms with E-state index in [0.717, 1.165) is 9.80 Å². The van der Waals surface area contributed by atoms with Crippen LogP contribution in [-0.4, -0.2) is 36.2 Å². The van der Waals surface area contributed by atoms with Crippen LogP contribution in [0.5, 0.6) is 0 Å². The number of carbonyl (C=O) groups is 5. The normalized spacial score (nSPS) is 30.4. The first-order valence-electron chi connectivity index (χ1n) is 12.9. The maximum Gasteiger partial charge on any atom is 0.334 e. The average Bonchev–Trinajstić information content (AvgIpc) is 3.34. The largest absolute Gasteiger partial charge is 0.463 e. The standard InChI is InChI=1S/C29H22Cl4N2O6/c1-4-41-28(40)21-11(2)18-19-22(26(38)34(24(19)36)12-5-7-14(30)16(32)9-12)29(21,3)23-20(18)25(37)35(27(23)39)13-6-8-15(31)17(33)10-13/h5-10,18-20,22-23H,4H2,1-3H3/t18?,19-,20+,22-,23+,29?. The van der Waals surface area contributed by atoms with Gasteiger partial charge in [-0.15, -0.1) is 0 Å². The van der Waals surface area contributed by atoms with Crippen LogP contribution in [-0.2, 0) is 28.7 Å². The SMILES string of the molecule is CCOC(=O)C1=C(C)C2[C@H]3C(=O)N(c4ccc(Cl)c(Cl)c4)C(=O)[C@@H]3C1(C)[C@@H]1C(=O)N(c3ccc(Cl)c(Cl)c3)C(=O)[C@@H]21. The smallest absolute Gasteiger partial charge is 0.334 e. The summed E-state index contributed by atoms with van der Waals surface area (Å²) in [4.78, 5) is 72.1. The van der Waals surface area contributed by atoms with Crippen LogP contribution >= 0.6 is 46.4 Å². The van der Waals surface area contributed by atoms with Crippen molar-refractivity contribution < 1.29 is 28.7 Å². The van der Waals surface area contributed by atoms with Gasteiger partial charge < -0.3 is 4.74 Å². The number of anilines is 2. The third-order valence-electron chi connectivity index (χ3n) is 9.00. The van der Waals surface area contributed by atoms with E-state index < -0.39 is 64.6 Å². The highest BCUT2D eigenvalue weighted by atomic mass is 35.5. The average molecular weight is 636 g/mol. The van der Waals surface area contributed by atoms with Crippen LogP contribution in [0.4, 0.5) is 11.4 Å². The van der Waals surface area contributed by atoms with Gasteiger partial charge in [-0.05, 0) is 50.2 Å². The number of allylic oxidation sites excluding steroid dienone is 1. The summed E-state index contributed by atoms with van der Waals surface area (Å²) in [5.41, 5.74) is -0.496. The van der Waals surface area contributed by atoms with E-state index in [1.54, 1.807) is 20.8 Å². The molecule has 212 valence electrons. The summed E-state index contributed by atoms with van der Waals surface area (Å²) in [7, 11) is 0. The van der Waals surface area contributed by atoms with Crippen molar-refractivity contribution in [1.82, 2.24) is 0 Å². The topological polar surface area (TPSA) is 101 Å². The zero-order valence-electron chi connectivity index (χ0n) is 21.9. The first-order chi connectivity index (χ1) is 19.4. The summed E-state index contributed by atoms with van der Waals surface area (Å²) >= 11 is 24.6. The molecule has 2 saturated heterocycles. The van der Waals surface area contributed by atoms with Gasteiger partial charge in [-0.25, -0.2) is 14.6 Å². The lowest BCUT2D eigenvalue weighted by atomic mass is 9.43. The molecule has 5 aliphatic rings. The van der Waals surface area contributed by atoms with E-state index in [-0.39, 0.29) is 43.6 Å². The Morgan fingerprint density at radius 3 is 1.59 bits per heavy atom. The summed E-state index contributed by atoms with van der Waals surface area (Å²) in [5.74, 6) is -8.05. The number of imide groups is 2. The fourth-order valence-corrected chi connectivity index (χ4v) is 8.15. The minimum atomic E-state index is -1.53. The molecule has 4 amide bonds. The number of rotatable bonds is 4. The van der Waals surface area contributed by atoms with Gasteiger partial charge in [0.05, 0.1) is 61.7 Å². The van der Waals surface area contributed by atoms with E-state index in [4.69, 9.17) is 51.1 Å². The van der Waals surface area contributed by atoms with Gasteiger partial charge in [-0.1, -0.05) is 58.9 Å². The molecule has 3 aliphatic carbocycles. The second kappa shape index (κ2) is 9.56. The van der Waals surface area contributed by atoms with Crippen LogP contribution in [0.25, 0.3) is 0 Å². The zero-order chi connectivity index (χ0) is 29.7. The maximum atomic E-state index is 14.2. The van der Waals surface area contributed by atoms with Crippen LogP contribution in [0.2, 0.25) is 20.1 Å². The van der Waals surface area contributed by atoms with Gasteiger partial charge in [-0.3, -0.25) is 19.2 Å². The van der Waals surface area contributed by atoms with Crippen molar-refractivity contribution in [2.45, 2.75) is 20.8 Å². The Morgan fingerprint density at radius 2 is 1.20 bits per heavy atom. The quantitative estimate of drug-likeness (QED) is 0.314. The molecule has 2 aromatic carbocycles. The van der Waals surface area contributed by atoms with Gasteiger partial charge >= 0.3 is 5.97 Å². The highest BCUT2D eigenvalue weighted by Gasteiger charge is 2.77. The van der Waals surface area contributed by atoms with Gasteiger partial charge in [0.2, 0.25) is 23.6 Å². The molecule has 2 bridgehead atoms. The van der Waals surface area contributed by atoms with E-state index in [2.05, 4.69) is 0 Å². The minimum Gasteiger partial charge on any atom is -0.463 e. The lowest BCUT2D eigenvalue weighted by Crippen LogP contribution is -2.61. The monoisotopic (exact) mass is 634 g/mol. The van der Waals surface area contributed by atoms with Crippen molar-refractivity contribution >= 4 is 87.4 Å². The molecule has 2 heterocycles. The minimum absolute atomic E-state index is 0.0586. The molecule has 41 heavy (non-hydrogen) atoms. The molecule has 2 unspecified atom stereocenters. The van der Waals surface area contributed by atoms with Crippen LogP contribution in [0.1, 0.15) is 20.8 Å². The Balaban J connectivity index is 1.54. The zero-order valence-corrected chi connectivity index (χ0v) is 24.9. The fourth-order valence-electron chi connectivity index (χ4n) is 7.57. The first kappa shape index (κ1) is 28.2. The number of ether oxygens (including phenoxy) is 1. The van der Waals surface area contributed by atoms with E-state index in [0.29, 0.717) is 5.57 Å². The second-order valence-corrected chi connectivity index (χ2v) is 12.4. The molecule has 0 N–H and O–H groups in total. The summed E-state index contributed by atoms with van der Waals surface area (Å²) in [6.45, 7) is 4.99. The predicted octanol–water partition coefficient (Wildman–Crippen LogP) is 5.74. The molecular formula is C29H22Cl4N2O6. The van der Waals surface area contributed by atoms with Gasteiger partial charge in [0.25, 0.3) is 0 Å². The number of carbonyl (C=O) groups excluding carboxylic acids is 5. The lowest BCUT2D eigenvalue weighted by molar-refractivity contribution is -0.155. The number of nitrogens with zero attached hydrogens (tertiary/aromatic N) is 2. The van der Waals surface area contributed by atoms with Crippen molar-refractivity contribution in [3.63, 3.8) is 0 Å². The molecule has 7 rings (SSSR count). The maximum absolute atomic E-state index is 14.2. The number of halogens is 4. The van der Waals surface area contributed by atoms with Crippen LogP contribution in [0.3, 0.4) is 0 Å². The Morgan fingerprint density at radius 1 is 0.756 bits per heavy atom. The molecule has 0 radical (unpaired) electrons. The Hall–Kier alpha value is -2.91. The molecule has 1 saturated carbocycles. The van der Waals surface area contributed by atoms with Gasteiger partial charge in [0, 0.05) is 16.9 Å². The number of hydrogen-bond acceptors (Lipinski definition) is 6. The summed E-state index contributed by atoms with van der Waals surface area (Å²) in [5, 5.41) is 0.785. The van der Waals surface area contributed by atoms with Crippen LogP contribution in [0, 0.1) is 35.0 Å². The Bertz CT molecular complexity index is 1540. The number of hydrogen-bond donors (Lipinski definition) is 0. The van der Waals surface area contributed by atoms with Crippen LogP contribution < -0.4 is 9.80 Å². The highest BCUT2D eigenvalue weighted by molar-refractivity contribution is 6.43. The number of benzene rings is 2. The van der Waals surface area contributed by atoms with Crippen molar-refractivity contribution in [3.05, 3.63) is 67.6 Å². The van der Waals surface area contributed by atoms with Crippen molar-refractivity contribution in [3.8, 4) is 0 Å². The van der Waals surface area contributed by atoms with Crippen molar-refractivity contribution in [2.24, 2.45) is 35.0 Å². The van der Waals surface area contributed by atoms with Gasteiger partial charge in [0.1, 0.15) is 0 Å². The van der Waals surface area contributed by atoms with Crippen molar-refractivity contribution in [1.29, 1.82) is 0 Å². The number of esters is 1. The van der Waals surface area contributed by atoms with Gasteiger partial charge in [-0.2, -0.15) is 0 Å². The molecule has 2 aliphatic heterocycles. The Labute approximate surface area is 255 Å². The molecule has 3 fully saturated rings. The lowest BCUT2D eigenvalue weighted by Gasteiger charge is -2.55. The van der Waals surface area contributed by atoms with E-state index in [9.17, 15) is 24.0 Å². The van der Waals surface area contributed by atoms with E-state index in [1.165, 1.54) is 36.4 Å². The Kier molecular flexibility index (Phi) is 6.58.